The Labute approximate surface area is 160 Å². The van der Waals surface area contributed by atoms with Gasteiger partial charge in [-0.1, -0.05) is 97.4 Å². The minimum Gasteiger partial charge on any atom is -0.506 e. The zero-order chi connectivity index (χ0) is 15.7. The van der Waals surface area contributed by atoms with Crippen LogP contribution in [-0.2, 0) is 0 Å². The molecule has 0 saturated carbocycles. The van der Waals surface area contributed by atoms with Gasteiger partial charge in [0.15, 0.2) is 0 Å². The van der Waals surface area contributed by atoms with E-state index in [0.717, 1.165) is 0 Å². The first kappa shape index (κ1) is 19.4. The number of benzene rings is 3. The molecule has 0 unspecified atom stereocenters. The zero-order valence-electron chi connectivity index (χ0n) is 14.2. The Hall–Kier alpha value is -0.883. The van der Waals surface area contributed by atoms with Crippen LogP contribution >= 0.6 is 16.5 Å². The molecule has 0 spiro atoms. The van der Waals surface area contributed by atoms with Crippen LogP contribution < -0.4 is 34.8 Å². The van der Waals surface area contributed by atoms with Gasteiger partial charge in [-0.15, -0.1) is 0 Å². The van der Waals surface area contributed by atoms with Gasteiger partial charge in [0.2, 0.25) is 0 Å². The van der Waals surface area contributed by atoms with Gasteiger partial charge in [0.25, 0.3) is 0 Å². The van der Waals surface area contributed by atoms with Crippen molar-refractivity contribution in [3.05, 3.63) is 91.0 Å². The predicted molar refractivity (Wildman–Crippen MR) is 106 cm³/mol. The van der Waals surface area contributed by atoms with Crippen LogP contribution in [0.1, 0.15) is 6.42 Å². The van der Waals surface area contributed by atoms with E-state index in [2.05, 4.69) is 91.0 Å². The Morgan fingerprint density at radius 1 is 0.625 bits per heavy atom. The maximum Gasteiger partial charge on any atom is 1.00 e. The summed E-state index contributed by atoms with van der Waals surface area (Å²) in [5.41, 5.74) is 0. The van der Waals surface area contributed by atoms with Crippen LogP contribution in [0.4, 0.5) is 0 Å². The second-order valence-corrected chi connectivity index (χ2v) is 9.01. The molecule has 3 aromatic rings. The minimum atomic E-state index is -0.236. The van der Waals surface area contributed by atoms with Crippen molar-refractivity contribution in [3.63, 3.8) is 0 Å². The Balaban J connectivity index is 0.00000208. The van der Waals surface area contributed by atoms with E-state index in [4.69, 9.17) is 0 Å². The van der Waals surface area contributed by atoms with Crippen LogP contribution in [0.5, 0.6) is 0 Å². The van der Waals surface area contributed by atoms with Gasteiger partial charge in [-0.25, -0.2) is 5.30 Å². The number of hydrogen-bond donors (Lipinski definition) is 0. The van der Waals surface area contributed by atoms with E-state index in [1.54, 1.807) is 0 Å². The molecule has 0 radical (unpaired) electrons. The molecule has 0 atom stereocenters. The molecule has 3 aromatic carbocycles. The van der Waals surface area contributed by atoms with Crippen molar-refractivity contribution in [3.8, 4) is 0 Å². The largest absolute Gasteiger partial charge is 1.00 e. The Morgan fingerprint density at radius 3 is 1.58 bits per heavy atom. The van der Waals surface area contributed by atoms with Crippen molar-refractivity contribution in [2.24, 2.45) is 0 Å². The van der Waals surface area contributed by atoms with Gasteiger partial charge >= 0.3 is 18.9 Å². The zero-order valence-corrected chi connectivity index (χ0v) is 16.0. The fourth-order valence-electron chi connectivity index (χ4n) is 2.59. The summed E-state index contributed by atoms with van der Waals surface area (Å²) >= 11 is 0. The van der Waals surface area contributed by atoms with E-state index in [9.17, 15) is 0 Å². The SMILES string of the molecule is [Li+].c1ccc([P-]CCCP(c2ccccc2)c2ccccc2)cc1. The van der Waals surface area contributed by atoms with Crippen molar-refractivity contribution in [1.29, 1.82) is 0 Å². The van der Waals surface area contributed by atoms with E-state index >= 15 is 0 Å². The summed E-state index contributed by atoms with van der Waals surface area (Å²) in [5.74, 6) is 0. The van der Waals surface area contributed by atoms with Crippen molar-refractivity contribution >= 4 is 32.4 Å². The molecule has 0 N–H and O–H groups in total. The summed E-state index contributed by atoms with van der Waals surface area (Å²) < 4.78 is 0. The third-order valence-corrected chi connectivity index (χ3v) is 7.54. The molecule has 3 heteroatoms. The van der Waals surface area contributed by atoms with Gasteiger partial charge in [-0.2, -0.15) is 6.16 Å². The molecule has 116 valence electrons. The third-order valence-electron chi connectivity index (χ3n) is 3.73. The van der Waals surface area contributed by atoms with Gasteiger partial charge in [0.05, 0.1) is 0 Å². The summed E-state index contributed by atoms with van der Waals surface area (Å²) in [6.07, 6.45) is 3.78. The van der Waals surface area contributed by atoms with Gasteiger partial charge in [-0.3, -0.25) is 0 Å². The molecule has 0 saturated heterocycles. The topological polar surface area (TPSA) is 0 Å². The molecule has 0 aliphatic carbocycles. The van der Waals surface area contributed by atoms with Gasteiger partial charge in [0, 0.05) is 0 Å². The second-order valence-electron chi connectivity index (χ2n) is 5.39. The van der Waals surface area contributed by atoms with Crippen molar-refractivity contribution in [2.45, 2.75) is 6.42 Å². The Bertz CT molecular complexity index is 647. The molecule has 0 bridgehead atoms. The van der Waals surface area contributed by atoms with Crippen LogP contribution in [-0.4, -0.2) is 12.3 Å². The van der Waals surface area contributed by atoms with Crippen molar-refractivity contribution < 1.29 is 18.9 Å². The van der Waals surface area contributed by atoms with Crippen molar-refractivity contribution in [2.75, 3.05) is 12.3 Å². The van der Waals surface area contributed by atoms with Crippen LogP contribution in [0.15, 0.2) is 91.0 Å². The Morgan fingerprint density at radius 2 is 1.08 bits per heavy atom. The third kappa shape index (κ3) is 5.88. The standard InChI is InChI=1S/C21H21P2.Li/c1-4-11-19(12-5-1)22-17-10-18-23(20-13-6-2-7-14-20)21-15-8-3-9-16-21;/h1-9,11-16H,10,17-18H2;/q-1;+1. The number of rotatable bonds is 7. The maximum absolute atomic E-state index is 2.29. The molecule has 0 nitrogen and oxygen atoms in total. The normalized spacial score (nSPS) is 10.9. The second kappa shape index (κ2) is 10.9. The maximum atomic E-state index is 2.29. The molecule has 0 aliphatic rings. The molecular formula is C21H21LiP2. The van der Waals surface area contributed by atoms with E-state index in [1.165, 1.54) is 43.2 Å². The van der Waals surface area contributed by atoms with Gasteiger partial charge in [0.1, 0.15) is 0 Å². The summed E-state index contributed by atoms with van der Waals surface area (Å²) in [5, 5.41) is 4.41. The molecule has 0 amide bonds. The first-order chi connectivity index (χ1) is 11.4. The first-order valence-corrected chi connectivity index (χ1v) is 10.6. The summed E-state index contributed by atoms with van der Waals surface area (Å²) in [4.78, 5) is 0. The van der Waals surface area contributed by atoms with E-state index < -0.39 is 0 Å². The minimum absolute atomic E-state index is 0. The molecular weight excluding hydrogens is 321 g/mol. The summed E-state index contributed by atoms with van der Waals surface area (Å²) in [6, 6.07) is 32.8. The van der Waals surface area contributed by atoms with Gasteiger partial charge < -0.3 is 8.58 Å². The van der Waals surface area contributed by atoms with Crippen LogP contribution in [0.3, 0.4) is 0 Å². The van der Waals surface area contributed by atoms with Crippen LogP contribution in [0, 0.1) is 0 Å². The molecule has 24 heavy (non-hydrogen) atoms. The smallest absolute Gasteiger partial charge is 0.506 e. The number of hydrogen-bond acceptors (Lipinski definition) is 0. The molecule has 0 heterocycles. The van der Waals surface area contributed by atoms with Crippen molar-refractivity contribution in [1.82, 2.24) is 0 Å². The fourth-order valence-corrected chi connectivity index (χ4v) is 6.15. The van der Waals surface area contributed by atoms with E-state index in [-0.39, 0.29) is 26.8 Å². The van der Waals surface area contributed by atoms with Crippen LogP contribution in [0.25, 0.3) is 0 Å². The monoisotopic (exact) mass is 342 g/mol. The molecule has 3 rings (SSSR count). The van der Waals surface area contributed by atoms with Gasteiger partial charge in [-0.05, 0) is 24.7 Å². The quantitative estimate of drug-likeness (QED) is 0.349. The van der Waals surface area contributed by atoms with Crippen LogP contribution in [0.2, 0.25) is 0 Å². The molecule has 0 aliphatic heterocycles. The van der Waals surface area contributed by atoms with E-state index in [1.807, 2.05) is 0 Å². The Kier molecular flexibility index (Phi) is 8.81. The molecule has 0 aromatic heterocycles. The fraction of sp³-hybridized carbons (Fsp3) is 0.143. The average molecular weight is 342 g/mol. The predicted octanol–water partition coefficient (Wildman–Crippen LogP) is 1.79. The summed E-state index contributed by atoms with van der Waals surface area (Å²) in [7, 11) is 1.21. The summed E-state index contributed by atoms with van der Waals surface area (Å²) in [6.45, 7) is 0. The van der Waals surface area contributed by atoms with E-state index in [0.29, 0.717) is 0 Å². The average Bonchev–Trinajstić information content (AvgIpc) is 2.64. The molecule has 0 fully saturated rings. The first-order valence-electron chi connectivity index (χ1n) is 8.04.